The number of aromatic amines is 1. The molecule has 0 atom stereocenters. The molecule has 6 heteroatoms. The lowest BCUT2D eigenvalue weighted by atomic mass is 10.1. The second kappa shape index (κ2) is 5.97. The number of nitrogens with one attached hydrogen (secondary N) is 2. The van der Waals surface area contributed by atoms with Crippen LogP contribution in [0.5, 0.6) is 0 Å². The van der Waals surface area contributed by atoms with Gasteiger partial charge in [-0.05, 0) is 72.9 Å². The first-order valence-electron chi connectivity index (χ1n) is 8.19. The first-order valence-corrected chi connectivity index (χ1v) is 8.60. The highest BCUT2D eigenvalue weighted by molar-refractivity contribution is 7.71. The topological polar surface area (TPSA) is 66.9 Å². The van der Waals surface area contributed by atoms with E-state index in [4.69, 9.17) is 12.2 Å². The van der Waals surface area contributed by atoms with Crippen molar-refractivity contribution in [2.45, 2.75) is 19.3 Å². The number of benzene rings is 2. The van der Waals surface area contributed by atoms with Crippen LogP contribution in [0.25, 0.3) is 10.9 Å². The van der Waals surface area contributed by atoms with E-state index >= 15 is 0 Å². The highest BCUT2D eigenvalue weighted by atomic mass is 32.1. The molecular formula is C19H17N3O2S. The van der Waals surface area contributed by atoms with Gasteiger partial charge in [0.1, 0.15) is 0 Å². The second-order valence-electron chi connectivity index (χ2n) is 6.35. The Balaban J connectivity index is 1.67. The van der Waals surface area contributed by atoms with Crippen LogP contribution in [-0.4, -0.2) is 15.5 Å². The quantitative estimate of drug-likeness (QED) is 0.696. The van der Waals surface area contributed by atoms with Crippen molar-refractivity contribution in [3.8, 4) is 0 Å². The lowest BCUT2D eigenvalue weighted by Crippen LogP contribution is -2.19. The zero-order valence-electron chi connectivity index (χ0n) is 13.8. The first-order chi connectivity index (χ1) is 12.0. The summed E-state index contributed by atoms with van der Waals surface area (Å²) < 4.78 is 1.70. The van der Waals surface area contributed by atoms with Gasteiger partial charge in [-0.3, -0.25) is 14.2 Å². The fraction of sp³-hybridized carbons (Fsp3) is 0.211. The Morgan fingerprint density at radius 2 is 1.96 bits per heavy atom. The lowest BCUT2D eigenvalue weighted by molar-refractivity contribution is 0.102. The van der Waals surface area contributed by atoms with Crippen LogP contribution in [0.3, 0.4) is 0 Å². The van der Waals surface area contributed by atoms with E-state index in [0.29, 0.717) is 21.2 Å². The van der Waals surface area contributed by atoms with Crippen molar-refractivity contribution >= 4 is 34.7 Å². The van der Waals surface area contributed by atoms with Gasteiger partial charge in [0.2, 0.25) is 0 Å². The van der Waals surface area contributed by atoms with Crippen LogP contribution in [-0.2, 0) is 19.9 Å². The van der Waals surface area contributed by atoms with Gasteiger partial charge in [0.25, 0.3) is 11.5 Å². The van der Waals surface area contributed by atoms with Crippen molar-refractivity contribution in [1.82, 2.24) is 9.55 Å². The van der Waals surface area contributed by atoms with E-state index in [-0.39, 0.29) is 11.5 Å². The van der Waals surface area contributed by atoms with E-state index in [0.717, 1.165) is 18.5 Å². The van der Waals surface area contributed by atoms with Crippen molar-refractivity contribution in [3.63, 3.8) is 0 Å². The number of H-pyrrole nitrogens is 1. The molecule has 4 rings (SSSR count). The normalized spacial score (nSPS) is 13.0. The van der Waals surface area contributed by atoms with Crippen LogP contribution >= 0.6 is 12.2 Å². The number of nitrogens with zero attached hydrogens (tertiary/aromatic N) is 1. The number of rotatable bonds is 2. The van der Waals surface area contributed by atoms with E-state index in [1.165, 1.54) is 22.1 Å². The highest BCUT2D eigenvalue weighted by Crippen LogP contribution is 2.25. The number of hydrogen-bond acceptors (Lipinski definition) is 3. The fourth-order valence-electron chi connectivity index (χ4n) is 3.30. The molecule has 1 aromatic heterocycles. The van der Waals surface area contributed by atoms with Gasteiger partial charge in [-0.15, -0.1) is 0 Å². The molecule has 0 saturated carbocycles. The summed E-state index contributed by atoms with van der Waals surface area (Å²) in [7, 11) is 1.62. The van der Waals surface area contributed by atoms with E-state index in [9.17, 15) is 9.59 Å². The summed E-state index contributed by atoms with van der Waals surface area (Å²) >= 11 is 5.13. The summed E-state index contributed by atoms with van der Waals surface area (Å²) in [4.78, 5) is 27.8. The summed E-state index contributed by atoms with van der Waals surface area (Å²) in [5.74, 6) is -0.208. The molecule has 0 unspecified atom stereocenters. The molecule has 2 N–H and O–H groups in total. The first kappa shape index (κ1) is 15.8. The highest BCUT2D eigenvalue weighted by Gasteiger charge is 2.13. The predicted octanol–water partition coefficient (Wildman–Crippen LogP) is 3.34. The Morgan fingerprint density at radius 1 is 1.16 bits per heavy atom. The molecule has 126 valence electrons. The van der Waals surface area contributed by atoms with Gasteiger partial charge >= 0.3 is 0 Å². The zero-order valence-corrected chi connectivity index (χ0v) is 14.6. The molecular weight excluding hydrogens is 334 g/mol. The number of anilines is 1. The van der Waals surface area contributed by atoms with Crippen LogP contribution < -0.4 is 10.9 Å². The average molecular weight is 351 g/mol. The zero-order chi connectivity index (χ0) is 17.6. The summed E-state index contributed by atoms with van der Waals surface area (Å²) in [5.41, 5.74) is 4.34. The molecule has 0 aliphatic heterocycles. The van der Waals surface area contributed by atoms with E-state index < -0.39 is 0 Å². The van der Waals surface area contributed by atoms with Crippen LogP contribution in [0.1, 0.15) is 27.9 Å². The maximum atomic E-state index is 12.6. The van der Waals surface area contributed by atoms with Gasteiger partial charge < -0.3 is 10.3 Å². The maximum absolute atomic E-state index is 12.6. The van der Waals surface area contributed by atoms with Crippen molar-refractivity contribution in [2.24, 2.45) is 7.05 Å². The number of aromatic nitrogens is 2. The third kappa shape index (κ3) is 2.78. The third-order valence-electron chi connectivity index (χ3n) is 4.72. The molecule has 1 aliphatic rings. The van der Waals surface area contributed by atoms with Gasteiger partial charge in [0.15, 0.2) is 4.77 Å². The third-order valence-corrected chi connectivity index (χ3v) is 5.10. The predicted molar refractivity (Wildman–Crippen MR) is 101 cm³/mol. The Kier molecular flexibility index (Phi) is 3.77. The minimum Gasteiger partial charge on any atom is -0.332 e. The lowest BCUT2D eigenvalue weighted by Gasteiger charge is -2.09. The maximum Gasteiger partial charge on any atom is 0.261 e. The SMILES string of the molecule is Cn1c(=S)[nH]c2cc(C(=O)Nc3ccc4c(c3)CCC4)ccc2c1=O. The molecule has 1 heterocycles. The number of aryl methyl sites for hydroxylation is 2. The van der Waals surface area contributed by atoms with Crippen LogP contribution in [0, 0.1) is 4.77 Å². The Morgan fingerprint density at radius 3 is 2.80 bits per heavy atom. The number of carbonyl (C=O) groups is 1. The molecule has 25 heavy (non-hydrogen) atoms. The van der Waals surface area contributed by atoms with Crippen LogP contribution in [0.2, 0.25) is 0 Å². The van der Waals surface area contributed by atoms with E-state index in [2.05, 4.69) is 16.4 Å². The smallest absolute Gasteiger partial charge is 0.261 e. The number of amides is 1. The molecule has 5 nitrogen and oxygen atoms in total. The van der Waals surface area contributed by atoms with Gasteiger partial charge in [-0.1, -0.05) is 6.07 Å². The van der Waals surface area contributed by atoms with Crippen molar-refractivity contribution < 1.29 is 4.79 Å². The number of fused-ring (bicyclic) bond motifs is 2. The van der Waals surface area contributed by atoms with Gasteiger partial charge in [0.05, 0.1) is 10.9 Å². The van der Waals surface area contributed by atoms with Crippen molar-refractivity contribution in [2.75, 3.05) is 5.32 Å². The second-order valence-corrected chi connectivity index (χ2v) is 6.73. The number of hydrogen-bond donors (Lipinski definition) is 2. The van der Waals surface area contributed by atoms with Gasteiger partial charge in [-0.25, -0.2) is 0 Å². The molecule has 0 bridgehead atoms. The Bertz CT molecular complexity index is 1130. The van der Waals surface area contributed by atoms with Crippen LogP contribution in [0.4, 0.5) is 5.69 Å². The molecule has 1 aliphatic carbocycles. The minimum absolute atomic E-state index is 0.177. The molecule has 0 fully saturated rings. The van der Waals surface area contributed by atoms with Gasteiger partial charge in [0, 0.05) is 18.3 Å². The van der Waals surface area contributed by atoms with Crippen molar-refractivity contribution in [3.05, 3.63) is 68.2 Å². The molecule has 1 amide bonds. The molecule has 0 spiro atoms. The molecule has 0 saturated heterocycles. The summed E-state index contributed by atoms with van der Waals surface area (Å²) in [6.07, 6.45) is 3.35. The fourth-order valence-corrected chi connectivity index (χ4v) is 3.49. The Labute approximate surface area is 149 Å². The van der Waals surface area contributed by atoms with E-state index in [1.54, 1.807) is 25.2 Å². The Hall–Kier alpha value is -2.73. The summed E-state index contributed by atoms with van der Waals surface area (Å²) in [6, 6.07) is 11.0. The van der Waals surface area contributed by atoms with E-state index in [1.807, 2.05) is 12.1 Å². The number of carbonyl (C=O) groups excluding carboxylic acids is 1. The summed E-state index contributed by atoms with van der Waals surface area (Å²) in [5, 5.41) is 3.44. The van der Waals surface area contributed by atoms with Crippen molar-refractivity contribution in [1.29, 1.82) is 0 Å². The van der Waals surface area contributed by atoms with Crippen LogP contribution in [0.15, 0.2) is 41.2 Å². The molecule has 3 aromatic rings. The largest absolute Gasteiger partial charge is 0.332 e. The average Bonchev–Trinajstić information content (AvgIpc) is 3.07. The molecule has 0 radical (unpaired) electrons. The summed E-state index contributed by atoms with van der Waals surface area (Å²) in [6.45, 7) is 0. The molecule has 2 aromatic carbocycles. The van der Waals surface area contributed by atoms with Gasteiger partial charge in [-0.2, -0.15) is 0 Å². The monoisotopic (exact) mass is 351 g/mol. The standard InChI is InChI=1S/C19H17N3O2S/c1-22-18(24)15-8-6-13(10-16(15)21-19(22)25)17(23)20-14-7-5-11-3-2-4-12(11)9-14/h5-10H,2-4H2,1H3,(H,20,23)(H,21,25). The minimum atomic E-state index is -0.208.